The molecule has 1 aromatic carbocycles. The highest BCUT2D eigenvalue weighted by atomic mass is 32.2. The highest BCUT2D eigenvalue weighted by Gasteiger charge is 2.22. The second-order valence-corrected chi connectivity index (χ2v) is 12.6. The van der Waals surface area contributed by atoms with Crippen LogP contribution in [-0.4, -0.2) is 52.8 Å². The Morgan fingerprint density at radius 3 is 2.30 bits per heavy atom. The number of thiazole rings is 1. The number of para-hydroxylation sites is 2. The largest absolute Gasteiger partial charge is 0.491 e. The van der Waals surface area contributed by atoms with Crippen molar-refractivity contribution in [2.75, 3.05) is 29.8 Å². The number of amides is 2. The molecule has 1 aromatic heterocycles. The van der Waals surface area contributed by atoms with Crippen LogP contribution in [0.15, 0.2) is 28.5 Å². The van der Waals surface area contributed by atoms with Crippen LogP contribution in [-0.2, 0) is 36.0 Å². The summed E-state index contributed by atoms with van der Waals surface area (Å²) in [4.78, 5) is 28.6. The van der Waals surface area contributed by atoms with Gasteiger partial charge in [-0.3, -0.25) is 9.59 Å². The molecule has 0 bridgehead atoms. The number of carbonyl (C=O) groups is 2. The molecule has 0 saturated heterocycles. The molecule has 0 radical (unpaired) electrons. The molecule has 0 aliphatic carbocycles. The molecular weight excluding hydrogens is 492 g/mol. The molecule has 3 N–H and O–H groups in total. The van der Waals surface area contributed by atoms with E-state index in [0.29, 0.717) is 29.4 Å². The lowest BCUT2D eigenvalue weighted by Crippen LogP contribution is -2.23. The summed E-state index contributed by atoms with van der Waals surface area (Å²) in [6.45, 7) is 4.07. The Hall–Kier alpha value is -2.55. The zero-order chi connectivity index (χ0) is 24.8. The van der Waals surface area contributed by atoms with Crippen molar-refractivity contribution in [1.29, 1.82) is 0 Å². The zero-order valence-electron chi connectivity index (χ0n) is 18.5. The molecule has 2 aromatic rings. The van der Waals surface area contributed by atoms with Gasteiger partial charge in [0.15, 0.2) is 15.0 Å². The van der Waals surface area contributed by atoms with Gasteiger partial charge in [-0.15, -0.1) is 0 Å². The van der Waals surface area contributed by atoms with Crippen molar-refractivity contribution in [2.45, 2.75) is 31.0 Å². The third-order valence-electron chi connectivity index (χ3n) is 3.80. The first kappa shape index (κ1) is 26.7. The molecule has 0 aliphatic rings. The van der Waals surface area contributed by atoms with E-state index in [0.717, 1.165) is 12.5 Å². The van der Waals surface area contributed by atoms with Gasteiger partial charge >= 0.3 is 0 Å². The van der Waals surface area contributed by atoms with Crippen LogP contribution in [0.25, 0.3) is 0 Å². The van der Waals surface area contributed by atoms with Crippen LogP contribution in [0.3, 0.4) is 0 Å². The number of aromatic nitrogens is 1. The monoisotopic (exact) mass is 518 g/mol. The predicted octanol–water partition coefficient (Wildman–Crippen LogP) is 1.60. The molecule has 0 atom stereocenters. The number of anilines is 2. The summed E-state index contributed by atoms with van der Waals surface area (Å²) in [5.41, 5.74) is 0.364. The van der Waals surface area contributed by atoms with E-state index in [1.54, 1.807) is 24.3 Å². The second-order valence-electron chi connectivity index (χ2n) is 7.59. The number of benzene rings is 1. The maximum absolute atomic E-state index is 12.3. The van der Waals surface area contributed by atoms with Gasteiger partial charge in [-0.25, -0.2) is 26.5 Å². The Morgan fingerprint density at radius 1 is 1.06 bits per heavy atom. The van der Waals surface area contributed by atoms with E-state index in [9.17, 15) is 26.4 Å². The Balaban J connectivity index is 2.06. The van der Waals surface area contributed by atoms with Gasteiger partial charge in [-0.05, 0) is 18.1 Å². The van der Waals surface area contributed by atoms with E-state index < -0.39 is 38.1 Å². The maximum atomic E-state index is 12.3. The fraction of sp³-hybridized carbons (Fsp3) is 0.421. The van der Waals surface area contributed by atoms with Gasteiger partial charge in [0.2, 0.25) is 21.8 Å². The number of ether oxygens (including phenoxy) is 1. The standard InChI is InChI=1S/C19H26N4O7S3/c1-12(2)11-30-15-8-6-5-7-13(15)21-16(24)9-17(25)23-19-22-14(10-20-33(4,28)29)18(31-19)32(3,26)27/h5-8,12,20H,9-11H2,1-4H3,(H,21,24)(H,22,23,25). The third kappa shape index (κ3) is 9.07. The number of rotatable bonds is 11. The summed E-state index contributed by atoms with van der Waals surface area (Å²) < 4.78 is 54.2. The zero-order valence-corrected chi connectivity index (χ0v) is 21.0. The number of hydrogen-bond donors (Lipinski definition) is 3. The molecule has 33 heavy (non-hydrogen) atoms. The Bertz CT molecular complexity index is 1220. The molecule has 0 fully saturated rings. The van der Waals surface area contributed by atoms with E-state index in [-0.39, 0.29) is 27.5 Å². The minimum atomic E-state index is -3.72. The molecule has 1 heterocycles. The summed E-state index contributed by atoms with van der Waals surface area (Å²) in [5, 5.41) is 4.92. The number of carbonyl (C=O) groups excluding carboxylic acids is 2. The van der Waals surface area contributed by atoms with Gasteiger partial charge in [0, 0.05) is 6.26 Å². The quantitative estimate of drug-likeness (QED) is 0.378. The SMILES string of the molecule is CC(C)COc1ccccc1NC(=O)CC(=O)Nc1nc(CNS(C)(=O)=O)c(S(C)(=O)=O)s1. The summed E-state index contributed by atoms with van der Waals surface area (Å²) >= 11 is 0.671. The molecular formula is C19H26N4O7S3. The van der Waals surface area contributed by atoms with Crippen LogP contribution in [0, 0.1) is 5.92 Å². The van der Waals surface area contributed by atoms with E-state index in [2.05, 4.69) is 20.3 Å². The van der Waals surface area contributed by atoms with Gasteiger partial charge in [0.25, 0.3) is 0 Å². The lowest BCUT2D eigenvalue weighted by Gasteiger charge is -2.13. The number of nitrogens with zero attached hydrogens (tertiary/aromatic N) is 1. The first-order valence-corrected chi connectivity index (χ1v) is 14.3. The number of hydrogen-bond acceptors (Lipinski definition) is 9. The lowest BCUT2D eigenvalue weighted by atomic mass is 10.2. The fourth-order valence-electron chi connectivity index (χ4n) is 2.45. The van der Waals surface area contributed by atoms with Crippen LogP contribution in [0.2, 0.25) is 0 Å². The van der Waals surface area contributed by atoms with Crippen molar-refractivity contribution in [3.8, 4) is 5.75 Å². The Labute approximate surface area is 196 Å². The molecule has 2 rings (SSSR count). The molecule has 0 unspecified atom stereocenters. The van der Waals surface area contributed by atoms with Gasteiger partial charge in [-0.1, -0.05) is 37.3 Å². The minimum absolute atomic E-state index is 0.0519. The van der Waals surface area contributed by atoms with Crippen LogP contribution in [0.1, 0.15) is 26.0 Å². The lowest BCUT2D eigenvalue weighted by molar-refractivity contribution is -0.123. The van der Waals surface area contributed by atoms with Crippen molar-refractivity contribution >= 4 is 53.8 Å². The molecule has 0 aliphatic heterocycles. The maximum Gasteiger partial charge on any atom is 0.235 e. The topological polar surface area (TPSA) is 161 Å². The normalized spacial score (nSPS) is 11.9. The molecule has 182 valence electrons. The van der Waals surface area contributed by atoms with E-state index >= 15 is 0 Å². The number of sulfone groups is 1. The van der Waals surface area contributed by atoms with Crippen molar-refractivity contribution in [3.63, 3.8) is 0 Å². The fourth-order valence-corrected chi connectivity index (χ4v) is 4.97. The summed E-state index contributed by atoms with van der Waals surface area (Å²) in [5.74, 6) is -0.565. The van der Waals surface area contributed by atoms with Gasteiger partial charge in [0.05, 0.1) is 30.8 Å². The Kier molecular flexibility index (Phi) is 8.94. The second kappa shape index (κ2) is 11.0. The molecule has 0 spiro atoms. The molecule has 11 nitrogen and oxygen atoms in total. The van der Waals surface area contributed by atoms with Gasteiger partial charge in [-0.2, -0.15) is 0 Å². The highest BCUT2D eigenvalue weighted by molar-refractivity contribution is 7.93. The van der Waals surface area contributed by atoms with Gasteiger partial charge in [0.1, 0.15) is 16.4 Å². The first-order valence-electron chi connectivity index (χ1n) is 9.70. The summed E-state index contributed by atoms with van der Waals surface area (Å²) in [7, 11) is -7.31. The average molecular weight is 519 g/mol. The van der Waals surface area contributed by atoms with Crippen molar-refractivity contribution in [2.24, 2.45) is 5.92 Å². The predicted molar refractivity (Wildman–Crippen MR) is 126 cm³/mol. The van der Waals surface area contributed by atoms with E-state index in [1.807, 2.05) is 13.8 Å². The van der Waals surface area contributed by atoms with Gasteiger partial charge < -0.3 is 15.4 Å². The molecule has 14 heteroatoms. The van der Waals surface area contributed by atoms with Crippen LogP contribution >= 0.6 is 11.3 Å². The molecule has 2 amide bonds. The van der Waals surface area contributed by atoms with Crippen molar-refractivity contribution in [3.05, 3.63) is 30.0 Å². The highest BCUT2D eigenvalue weighted by Crippen LogP contribution is 2.28. The summed E-state index contributed by atoms with van der Waals surface area (Å²) in [6.07, 6.45) is 1.32. The van der Waals surface area contributed by atoms with Crippen molar-refractivity contribution in [1.82, 2.24) is 9.71 Å². The van der Waals surface area contributed by atoms with Crippen LogP contribution < -0.4 is 20.1 Å². The summed E-state index contributed by atoms with van der Waals surface area (Å²) in [6, 6.07) is 6.82. The smallest absolute Gasteiger partial charge is 0.235 e. The van der Waals surface area contributed by atoms with Crippen LogP contribution in [0.5, 0.6) is 5.75 Å². The van der Waals surface area contributed by atoms with Crippen molar-refractivity contribution < 1.29 is 31.2 Å². The average Bonchev–Trinajstić information content (AvgIpc) is 3.08. The van der Waals surface area contributed by atoms with E-state index in [4.69, 9.17) is 4.74 Å². The number of sulfonamides is 1. The minimum Gasteiger partial charge on any atom is -0.491 e. The molecule has 0 saturated carbocycles. The third-order valence-corrected chi connectivity index (χ3v) is 7.34. The Morgan fingerprint density at radius 2 is 1.70 bits per heavy atom. The van der Waals surface area contributed by atoms with E-state index in [1.165, 1.54) is 0 Å². The first-order chi connectivity index (χ1) is 15.2. The number of nitrogens with one attached hydrogen (secondary N) is 3. The van der Waals surface area contributed by atoms with Crippen LogP contribution in [0.4, 0.5) is 10.8 Å².